The summed E-state index contributed by atoms with van der Waals surface area (Å²) in [7, 11) is 3.40. The normalized spacial score (nSPS) is 21.6. The predicted octanol–water partition coefficient (Wildman–Crippen LogP) is 1.77. The van der Waals surface area contributed by atoms with Crippen molar-refractivity contribution in [2.24, 2.45) is 10.9 Å². The van der Waals surface area contributed by atoms with Crippen molar-refractivity contribution >= 4 is 17.6 Å². The van der Waals surface area contributed by atoms with Crippen molar-refractivity contribution in [1.82, 2.24) is 10.6 Å². The van der Waals surface area contributed by atoms with Gasteiger partial charge in [-0.1, -0.05) is 12.5 Å². The first-order valence-corrected chi connectivity index (χ1v) is 8.61. The Labute approximate surface area is 143 Å². The lowest BCUT2D eigenvalue weighted by molar-refractivity contribution is -0.117. The average molecular weight is 330 g/mol. The van der Waals surface area contributed by atoms with Crippen molar-refractivity contribution in [3.8, 4) is 5.75 Å². The van der Waals surface area contributed by atoms with Crippen LogP contribution in [0.1, 0.15) is 25.7 Å². The fourth-order valence-electron chi connectivity index (χ4n) is 3.16. The molecule has 1 aromatic rings. The highest BCUT2D eigenvalue weighted by atomic mass is 16.5. The van der Waals surface area contributed by atoms with Gasteiger partial charge in [0.1, 0.15) is 5.75 Å². The second-order valence-electron chi connectivity index (χ2n) is 6.50. The van der Waals surface area contributed by atoms with Crippen molar-refractivity contribution in [1.29, 1.82) is 0 Å². The largest absolute Gasteiger partial charge is 0.497 e. The molecule has 1 aliphatic carbocycles. The Kier molecular flexibility index (Phi) is 5.23. The average Bonchev–Trinajstić information content (AvgIpc) is 2.93. The molecule has 0 aromatic heterocycles. The van der Waals surface area contributed by atoms with Gasteiger partial charge in [-0.15, -0.1) is 0 Å². The number of amides is 1. The number of nitrogens with zero attached hydrogens (tertiary/aromatic N) is 2. The van der Waals surface area contributed by atoms with Crippen molar-refractivity contribution < 1.29 is 9.53 Å². The molecule has 1 heterocycles. The van der Waals surface area contributed by atoms with Gasteiger partial charge in [-0.05, 0) is 30.9 Å². The number of methoxy groups -OCH3 is 1. The zero-order chi connectivity index (χ0) is 16.9. The van der Waals surface area contributed by atoms with Gasteiger partial charge in [0.05, 0.1) is 13.2 Å². The Morgan fingerprint density at radius 3 is 2.92 bits per heavy atom. The van der Waals surface area contributed by atoms with Crippen LogP contribution in [0.15, 0.2) is 29.3 Å². The third-order valence-electron chi connectivity index (χ3n) is 4.84. The van der Waals surface area contributed by atoms with Gasteiger partial charge in [0.2, 0.25) is 5.91 Å². The van der Waals surface area contributed by atoms with Gasteiger partial charge in [-0.2, -0.15) is 0 Å². The quantitative estimate of drug-likeness (QED) is 0.638. The fourth-order valence-corrected chi connectivity index (χ4v) is 3.16. The van der Waals surface area contributed by atoms with Gasteiger partial charge in [-0.3, -0.25) is 9.79 Å². The number of hydrogen-bond donors (Lipinski definition) is 2. The molecule has 1 aromatic carbocycles. The Morgan fingerprint density at radius 1 is 1.42 bits per heavy atom. The molecule has 1 saturated carbocycles. The Morgan fingerprint density at radius 2 is 2.25 bits per heavy atom. The van der Waals surface area contributed by atoms with Crippen molar-refractivity contribution in [2.45, 2.75) is 31.7 Å². The smallest absolute Gasteiger partial charge is 0.229 e. The molecule has 6 heteroatoms. The third kappa shape index (κ3) is 3.80. The highest BCUT2D eigenvalue weighted by Crippen LogP contribution is 2.26. The van der Waals surface area contributed by atoms with Crippen molar-refractivity contribution in [2.75, 3.05) is 32.1 Å². The van der Waals surface area contributed by atoms with Gasteiger partial charge in [0, 0.05) is 38.3 Å². The molecule has 24 heavy (non-hydrogen) atoms. The van der Waals surface area contributed by atoms with E-state index in [0.29, 0.717) is 13.0 Å². The molecule has 0 radical (unpaired) electrons. The van der Waals surface area contributed by atoms with Crippen LogP contribution in [-0.4, -0.2) is 45.2 Å². The summed E-state index contributed by atoms with van der Waals surface area (Å²) >= 11 is 0. The minimum atomic E-state index is 0.0660. The summed E-state index contributed by atoms with van der Waals surface area (Å²) in [6, 6.07) is 7.68. The zero-order valence-corrected chi connectivity index (χ0v) is 14.4. The second-order valence-corrected chi connectivity index (χ2v) is 6.50. The predicted molar refractivity (Wildman–Crippen MR) is 95.6 cm³/mol. The lowest BCUT2D eigenvalue weighted by atomic mass is 9.85. The fraction of sp³-hybridized carbons (Fsp3) is 0.556. The van der Waals surface area contributed by atoms with Crippen LogP contribution >= 0.6 is 0 Å². The van der Waals surface area contributed by atoms with Crippen LogP contribution < -0.4 is 20.3 Å². The molecule has 1 saturated heterocycles. The number of ether oxygens (including phenoxy) is 1. The number of guanidine groups is 1. The Hall–Kier alpha value is -2.24. The van der Waals surface area contributed by atoms with E-state index in [4.69, 9.17) is 4.74 Å². The third-order valence-corrected chi connectivity index (χ3v) is 4.84. The molecule has 130 valence electrons. The Balaban J connectivity index is 1.57. The van der Waals surface area contributed by atoms with E-state index >= 15 is 0 Å². The number of benzene rings is 1. The zero-order valence-electron chi connectivity index (χ0n) is 14.4. The van der Waals surface area contributed by atoms with E-state index in [-0.39, 0.29) is 11.9 Å². The number of rotatable bonds is 5. The minimum Gasteiger partial charge on any atom is -0.497 e. The first-order chi connectivity index (χ1) is 11.7. The summed E-state index contributed by atoms with van der Waals surface area (Å²) in [5.74, 6) is 2.43. The first kappa shape index (κ1) is 16.6. The molecule has 6 nitrogen and oxygen atoms in total. The summed E-state index contributed by atoms with van der Waals surface area (Å²) in [6.07, 6.45) is 4.41. The van der Waals surface area contributed by atoms with Crippen LogP contribution in [0.2, 0.25) is 0 Å². The number of hydrogen-bond acceptors (Lipinski definition) is 3. The molecule has 2 fully saturated rings. The van der Waals surface area contributed by atoms with Crippen molar-refractivity contribution in [3.05, 3.63) is 24.3 Å². The Bertz CT molecular complexity index is 613. The molecule has 2 N–H and O–H groups in total. The van der Waals surface area contributed by atoms with Gasteiger partial charge in [0.25, 0.3) is 0 Å². The summed E-state index contributed by atoms with van der Waals surface area (Å²) in [5, 5.41) is 6.75. The molecule has 1 aliphatic heterocycles. The molecule has 2 aliphatic rings. The van der Waals surface area contributed by atoms with Crippen LogP contribution in [0.5, 0.6) is 5.75 Å². The van der Waals surface area contributed by atoms with E-state index in [2.05, 4.69) is 15.6 Å². The molecule has 0 bridgehead atoms. The van der Waals surface area contributed by atoms with Crippen LogP contribution in [0.25, 0.3) is 0 Å². The van der Waals surface area contributed by atoms with E-state index < -0.39 is 0 Å². The van der Waals surface area contributed by atoms with Crippen LogP contribution in [0, 0.1) is 5.92 Å². The SMILES string of the molecule is CN=C(NCC1CCC1)NC1CC(=O)N(c2cccc(OC)c2)C1. The van der Waals surface area contributed by atoms with Gasteiger partial charge >= 0.3 is 0 Å². The minimum absolute atomic E-state index is 0.0660. The summed E-state index contributed by atoms with van der Waals surface area (Å²) in [5.41, 5.74) is 0.876. The monoisotopic (exact) mass is 330 g/mol. The molecular weight excluding hydrogens is 304 g/mol. The standard InChI is InChI=1S/C18H26N4O2/c1-19-18(20-11-13-5-3-6-13)21-14-9-17(23)22(12-14)15-7-4-8-16(10-15)24-2/h4,7-8,10,13-14H,3,5-6,9,11-12H2,1-2H3,(H2,19,20,21). The number of aliphatic imine (C=N–C) groups is 1. The van der Waals surface area contributed by atoms with Gasteiger partial charge in [-0.25, -0.2) is 0 Å². The lowest BCUT2D eigenvalue weighted by Crippen LogP contribution is -2.46. The number of carbonyl (C=O) groups excluding carboxylic acids is 1. The highest BCUT2D eigenvalue weighted by Gasteiger charge is 2.31. The van der Waals surface area contributed by atoms with E-state index in [1.54, 1.807) is 19.1 Å². The van der Waals surface area contributed by atoms with Crippen LogP contribution in [0.3, 0.4) is 0 Å². The molecule has 1 unspecified atom stereocenters. The van der Waals surface area contributed by atoms with Crippen molar-refractivity contribution in [3.63, 3.8) is 0 Å². The molecule has 1 amide bonds. The van der Waals surface area contributed by atoms with Gasteiger partial charge < -0.3 is 20.3 Å². The first-order valence-electron chi connectivity index (χ1n) is 8.61. The topological polar surface area (TPSA) is 66.0 Å². The van der Waals surface area contributed by atoms with E-state index in [1.807, 2.05) is 24.3 Å². The molecule has 1 atom stereocenters. The lowest BCUT2D eigenvalue weighted by Gasteiger charge is -2.27. The van der Waals surface area contributed by atoms with E-state index in [1.165, 1.54) is 19.3 Å². The molecule has 0 spiro atoms. The summed E-state index contributed by atoms with van der Waals surface area (Å²) < 4.78 is 5.25. The maximum Gasteiger partial charge on any atom is 0.229 e. The molecule has 3 rings (SSSR count). The second kappa shape index (κ2) is 7.55. The highest BCUT2D eigenvalue weighted by molar-refractivity contribution is 5.97. The number of nitrogens with one attached hydrogen (secondary N) is 2. The van der Waals surface area contributed by atoms with E-state index in [0.717, 1.165) is 29.9 Å². The van der Waals surface area contributed by atoms with E-state index in [9.17, 15) is 4.79 Å². The van der Waals surface area contributed by atoms with Crippen LogP contribution in [0.4, 0.5) is 5.69 Å². The van der Waals surface area contributed by atoms with Gasteiger partial charge in [0.15, 0.2) is 5.96 Å². The molecular formula is C18H26N4O2. The number of anilines is 1. The van der Waals surface area contributed by atoms with Crippen LogP contribution in [-0.2, 0) is 4.79 Å². The maximum absolute atomic E-state index is 12.4. The maximum atomic E-state index is 12.4. The summed E-state index contributed by atoms with van der Waals surface area (Å²) in [4.78, 5) is 18.4. The summed E-state index contributed by atoms with van der Waals surface area (Å²) in [6.45, 7) is 1.59. The number of carbonyl (C=O) groups is 1.